The summed E-state index contributed by atoms with van der Waals surface area (Å²) in [6.07, 6.45) is 1.59. The number of carbonyl (C=O) groups excluding carboxylic acids is 1. The lowest BCUT2D eigenvalue weighted by atomic mass is 10.1. The largest absolute Gasteiger partial charge is 0.345 e. The van der Waals surface area contributed by atoms with E-state index in [0.29, 0.717) is 17.0 Å². The maximum absolute atomic E-state index is 12.1. The van der Waals surface area contributed by atoms with E-state index in [9.17, 15) is 4.79 Å². The molecule has 0 fully saturated rings. The summed E-state index contributed by atoms with van der Waals surface area (Å²) < 4.78 is 1.59. The highest BCUT2D eigenvalue weighted by molar-refractivity contribution is 5.96. The van der Waals surface area contributed by atoms with Gasteiger partial charge in [-0.3, -0.25) is 9.48 Å². The minimum absolute atomic E-state index is 0.209. The van der Waals surface area contributed by atoms with Crippen LogP contribution in [0.25, 0.3) is 0 Å². The molecule has 20 heavy (non-hydrogen) atoms. The van der Waals surface area contributed by atoms with Gasteiger partial charge in [-0.1, -0.05) is 24.0 Å². The average molecular weight is 269 g/mol. The molecule has 1 aromatic carbocycles. The maximum Gasteiger partial charge on any atom is 0.252 e. The quantitative estimate of drug-likeness (QED) is 0.771. The first-order valence-electron chi connectivity index (χ1n) is 6.11. The monoisotopic (exact) mass is 269 g/mol. The molecule has 0 saturated carbocycles. The second-order valence-corrected chi connectivity index (χ2v) is 4.07. The lowest BCUT2D eigenvalue weighted by Gasteiger charge is -2.05. The zero-order valence-corrected chi connectivity index (χ0v) is 11.1. The lowest BCUT2D eigenvalue weighted by Crippen LogP contribution is -2.24. The Labute approximate surface area is 117 Å². The topological polar surface area (TPSA) is 85.8 Å². The van der Waals surface area contributed by atoms with Crippen molar-refractivity contribution in [1.29, 1.82) is 0 Å². The summed E-state index contributed by atoms with van der Waals surface area (Å²) in [5.41, 5.74) is 6.52. The Morgan fingerprint density at radius 3 is 2.95 bits per heavy atom. The number of aryl methyl sites for hydroxylation is 1. The fourth-order valence-electron chi connectivity index (χ4n) is 1.66. The first-order chi connectivity index (χ1) is 9.70. The molecule has 0 radical (unpaired) electrons. The van der Waals surface area contributed by atoms with E-state index < -0.39 is 0 Å². The predicted molar refractivity (Wildman–Crippen MR) is 74.5 cm³/mol. The molecule has 1 amide bonds. The Hall–Kier alpha value is -2.65. The van der Waals surface area contributed by atoms with Crippen LogP contribution in [0.5, 0.6) is 0 Å². The van der Waals surface area contributed by atoms with Gasteiger partial charge in [-0.2, -0.15) is 5.10 Å². The molecule has 0 spiro atoms. The third kappa shape index (κ3) is 3.43. The van der Waals surface area contributed by atoms with E-state index in [-0.39, 0.29) is 19.0 Å². The van der Waals surface area contributed by atoms with Gasteiger partial charge in [0.25, 0.3) is 5.91 Å². The number of carbonyl (C=O) groups is 1. The number of nitrogens with two attached hydrogens (primary N) is 1. The third-order valence-corrected chi connectivity index (χ3v) is 2.55. The van der Waals surface area contributed by atoms with Crippen LogP contribution in [-0.2, 0) is 13.6 Å². The van der Waals surface area contributed by atoms with Crippen LogP contribution in [0.2, 0.25) is 0 Å². The Morgan fingerprint density at radius 1 is 1.45 bits per heavy atom. The molecule has 0 aliphatic carbocycles. The molecule has 102 valence electrons. The van der Waals surface area contributed by atoms with Crippen molar-refractivity contribution in [1.82, 2.24) is 20.1 Å². The second kappa shape index (κ2) is 6.50. The number of nitrogens with zero attached hydrogens (tertiary/aromatic N) is 3. The van der Waals surface area contributed by atoms with Crippen LogP contribution in [0.1, 0.15) is 21.7 Å². The van der Waals surface area contributed by atoms with Gasteiger partial charge in [-0.25, -0.2) is 4.98 Å². The number of hydrogen-bond donors (Lipinski definition) is 2. The standard InChI is InChI=1S/C14H15N5O/c1-19-10-17-13(18-19)9-16-14(20)12-7-3-2-5-11(12)6-4-8-15/h2-3,5,7,10H,8-9,15H2,1H3,(H,16,20). The normalized spacial score (nSPS) is 9.70. The van der Waals surface area contributed by atoms with Crippen LogP contribution in [0.15, 0.2) is 30.6 Å². The molecule has 0 saturated heterocycles. The number of benzene rings is 1. The molecular weight excluding hydrogens is 254 g/mol. The third-order valence-electron chi connectivity index (χ3n) is 2.55. The van der Waals surface area contributed by atoms with Gasteiger partial charge >= 0.3 is 0 Å². The van der Waals surface area contributed by atoms with Crippen molar-refractivity contribution in [2.24, 2.45) is 12.8 Å². The molecule has 0 unspecified atom stereocenters. The van der Waals surface area contributed by atoms with Crippen molar-refractivity contribution in [3.63, 3.8) is 0 Å². The number of amides is 1. The molecule has 2 rings (SSSR count). The Kier molecular flexibility index (Phi) is 4.47. The lowest BCUT2D eigenvalue weighted by molar-refractivity contribution is 0.0949. The van der Waals surface area contributed by atoms with Crippen molar-refractivity contribution in [2.45, 2.75) is 6.54 Å². The molecule has 0 bridgehead atoms. The average Bonchev–Trinajstić information content (AvgIpc) is 2.88. The van der Waals surface area contributed by atoms with E-state index in [1.54, 1.807) is 36.3 Å². The molecule has 6 nitrogen and oxygen atoms in total. The van der Waals surface area contributed by atoms with Crippen LogP contribution in [0, 0.1) is 11.8 Å². The summed E-state index contributed by atoms with van der Waals surface area (Å²) >= 11 is 0. The fraction of sp³-hybridized carbons (Fsp3) is 0.214. The number of rotatable bonds is 3. The minimum atomic E-state index is -0.209. The number of hydrogen-bond acceptors (Lipinski definition) is 4. The summed E-state index contributed by atoms with van der Waals surface area (Å²) in [6, 6.07) is 7.14. The highest BCUT2D eigenvalue weighted by atomic mass is 16.1. The highest BCUT2D eigenvalue weighted by Crippen LogP contribution is 2.07. The highest BCUT2D eigenvalue weighted by Gasteiger charge is 2.10. The number of nitrogens with one attached hydrogen (secondary N) is 1. The molecule has 1 aromatic heterocycles. The van der Waals surface area contributed by atoms with Gasteiger partial charge in [-0.05, 0) is 12.1 Å². The Morgan fingerprint density at radius 2 is 2.25 bits per heavy atom. The zero-order valence-electron chi connectivity index (χ0n) is 11.1. The van der Waals surface area contributed by atoms with Gasteiger partial charge in [0.2, 0.25) is 0 Å². The fourth-order valence-corrected chi connectivity index (χ4v) is 1.66. The Bertz CT molecular complexity index is 665. The molecule has 0 aliphatic rings. The Balaban J connectivity index is 2.09. The summed E-state index contributed by atoms with van der Waals surface area (Å²) in [7, 11) is 1.77. The van der Waals surface area contributed by atoms with Crippen molar-refractivity contribution < 1.29 is 4.79 Å². The zero-order chi connectivity index (χ0) is 14.4. The van der Waals surface area contributed by atoms with E-state index in [4.69, 9.17) is 5.73 Å². The minimum Gasteiger partial charge on any atom is -0.345 e. The van der Waals surface area contributed by atoms with Crippen LogP contribution >= 0.6 is 0 Å². The van der Waals surface area contributed by atoms with Gasteiger partial charge in [0.1, 0.15) is 6.33 Å². The van der Waals surface area contributed by atoms with Crippen molar-refractivity contribution in [2.75, 3.05) is 6.54 Å². The summed E-state index contributed by atoms with van der Waals surface area (Å²) in [5.74, 6) is 5.98. The summed E-state index contributed by atoms with van der Waals surface area (Å²) in [6.45, 7) is 0.534. The predicted octanol–water partition coefficient (Wildman–Crippen LogP) is 0.0553. The molecule has 1 heterocycles. The molecule has 0 aliphatic heterocycles. The van der Waals surface area contributed by atoms with Crippen molar-refractivity contribution in [3.8, 4) is 11.8 Å². The van der Waals surface area contributed by atoms with Gasteiger partial charge in [0, 0.05) is 12.6 Å². The second-order valence-electron chi connectivity index (χ2n) is 4.07. The van der Waals surface area contributed by atoms with Crippen LogP contribution in [0.4, 0.5) is 0 Å². The summed E-state index contributed by atoms with van der Waals surface area (Å²) in [5, 5.41) is 6.86. The van der Waals surface area contributed by atoms with Gasteiger partial charge in [-0.15, -0.1) is 0 Å². The molecule has 2 aromatic rings. The van der Waals surface area contributed by atoms with Gasteiger partial charge < -0.3 is 11.1 Å². The van der Waals surface area contributed by atoms with Crippen molar-refractivity contribution >= 4 is 5.91 Å². The summed E-state index contributed by atoms with van der Waals surface area (Å²) in [4.78, 5) is 16.2. The van der Waals surface area contributed by atoms with Crippen LogP contribution in [-0.4, -0.2) is 27.2 Å². The van der Waals surface area contributed by atoms with E-state index >= 15 is 0 Å². The smallest absolute Gasteiger partial charge is 0.252 e. The van der Waals surface area contributed by atoms with Crippen LogP contribution in [0.3, 0.4) is 0 Å². The van der Waals surface area contributed by atoms with E-state index in [1.807, 2.05) is 6.07 Å². The molecule has 6 heteroatoms. The van der Waals surface area contributed by atoms with E-state index in [2.05, 4.69) is 27.2 Å². The SMILES string of the molecule is Cn1cnc(CNC(=O)c2ccccc2C#CCN)n1. The van der Waals surface area contributed by atoms with Gasteiger partial charge in [0.15, 0.2) is 5.82 Å². The molecule has 3 N–H and O–H groups in total. The number of aromatic nitrogens is 3. The van der Waals surface area contributed by atoms with E-state index in [1.165, 1.54) is 0 Å². The molecular formula is C14H15N5O. The van der Waals surface area contributed by atoms with Gasteiger partial charge in [0.05, 0.1) is 18.7 Å². The first-order valence-corrected chi connectivity index (χ1v) is 6.11. The van der Waals surface area contributed by atoms with Crippen molar-refractivity contribution in [3.05, 3.63) is 47.5 Å². The maximum atomic E-state index is 12.1. The first kappa shape index (κ1) is 13.8. The van der Waals surface area contributed by atoms with Crippen LogP contribution < -0.4 is 11.1 Å². The molecule has 0 atom stereocenters. The van der Waals surface area contributed by atoms with E-state index in [0.717, 1.165) is 0 Å².